The van der Waals surface area contributed by atoms with Crippen LogP contribution in [-0.2, 0) is 0 Å². The summed E-state index contributed by atoms with van der Waals surface area (Å²) in [7, 11) is 0. The van der Waals surface area contributed by atoms with Crippen LogP contribution in [0.15, 0.2) is 34.9 Å². The monoisotopic (exact) mass is 222 g/mol. The number of carbonyl (C=O) groups excluding carboxylic acids is 1. The molecule has 16 heavy (non-hydrogen) atoms. The molecular formula is C12H8F2O2. The molecule has 2 nitrogen and oxygen atoms in total. The summed E-state index contributed by atoms with van der Waals surface area (Å²) >= 11 is 0. The first kappa shape index (κ1) is 10.5. The van der Waals surface area contributed by atoms with Crippen molar-refractivity contribution in [2.45, 2.75) is 6.92 Å². The summed E-state index contributed by atoms with van der Waals surface area (Å²) < 4.78 is 31.2. The molecule has 0 aliphatic rings. The van der Waals surface area contributed by atoms with Gasteiger partial charge in [0.15, 0.2) is 17.4 Å². The van der Waals surface area contributed by atoms with Crippen LogP contribution in [0.25, 0.3) is 0 Å². The Morgan fingerprint density at radius 3 is 2.62 bits per heavy atom. The topological polar surface area (TPSA) is 30.2 Å². The lowest BCUT2D eigenvalue weighted by atomic mass is 10.1. The standard InChI is InChI=1S/C12H8F2O2/c1-7-5-6-16-12(7)11(15)8-3-2-4-9(13)10(8)14/h2-6H,1H3. The second kappa shape index (κ2) is 3.89. The van der Waals surface area contributed by atoms with Crippen molar-refractivity contribution >= 4 is 5.78 Å². The minimum absolute atomic E-state index is 0.0319. The van der Waals surface area contributed by atoms with E-state index in [1.165, 1.54) is 18.4 Å². The summed E-state index contributed by atoms with van der Waals surface area (Å²) in [5.41, 5.74) is 0.270. The predicted octanol–water partition coefficient (Wildman–Crippen LogP) is 3.10. The molecule has 82 valence electrons. The molecule has 0 saturated heterocycles. The number of aryl methyl sites for hydroxylation is 1. The minimum Gasteiger partial charge on any atom is -0.461 e. The van der Waals surface area contributed by atoms with Crippen LogP contribution >= 0.6 is 0 Å². The van der Waals surface area contributed by atoms with Crippen molar-refractivity contribution in [3.05, 3.63) is 59.1 Å². The fourth-order valence-corrected chi connectivity index (χ4v) is 1.41. The Morgan fingerprint density at radius 1 is 1.25 bits per heavy atom. The van der Waals surface area contributed by atoms with E-state index >= 15 is 0 Å². The molecule has 0 aliphatic heterocycles. The van der Waals surface area contributed by atoms with Crippen LogP contribution in [0.4, 0.5) is 8.78 Å². The van der Waals surface area contributed by atoms with E-state index in [1.807, 2.05) is 0 Å². The molecule has 2 rings (SSSR count). The first-order valence-electron chi connectivity index (χ1n) is 4.64. The molecule has 1 aromatic carbocycles. The molecule has 1 aromatic heterocycles. The number of benzene rings is 1. The lowest BCUT2D eigenvalue weighted by Gasteiger charge is -2.01. The van der Waals surface area contributed by atoms with Gasteiger partial charge in [-0.25, -0.2) is 8.78 Å². The third-order valence-electron chi connectivity index (χ3n) is 2.26. The summed E-state index contributed by atoms with van der Waals surface area (Å²) in [6, 6.07) is 5.05. The number of ketones is 1. The van der Waals surface area contributed by atoms with Gasteiger partial charge in [0.25, 0.3) is 0 Å². The predicted molar refractivity (Wildman–Crippen MR) is 53.2 cm³/mol. The molecule has 1 heterocycles. The van der Waals surface area contributed by atoms with Crippen LogP contribution in [0.5, 0.6) is 0 Å². The molecule has 0 N–H and O–H groups in total. The van der Waals surface area contributed by atoms with Crippen LogP contribution in [-0.4, -0.2) is 5.78 Å². The molecule has 0 radical (unpaired) electrons. The van der Waals surface area contributed by atoms with E-state index in [0.717, 1.165) is 6.07 Å². The van der Waals surface area contributed by atoms with Gasteiger partial charge in [0.2, 0.25) is 5.78 Å². The van der Waals surface area contributed by atoms with E-state index in [1.54, 1.807) is 13.0 Å². The second-order valence-corrected chi connectivity index (χ2v) is 3.36. The SMILES string of the molecule is Cc1ccoc1C(=O)c1cccc(F)c1F. The average molecular weight is 222 g/mol. The molecule has 4 heteroatoms. The summed E-state index contributed by atoms with van der Waals surface area (Å²) in [6.07, 6.45) is 1.33. The molecule has 0 unspecified atom stereocenters. The van der Waals surface area contributed by atoms with Crippen molar-refractivity contribution in [3.8, 4) is 0 Å². The normalized spacial score (nSPS) is 10.4. The summed E-state index contributed by atoms with van der Waals surface area (Å²) in [6.45, 7) is 1.66. The minimum atomic E-state index is -1.15. The third kappa shape index (κ3) is 1.62. The molecule has 0 fully saturated rings. The van der Waals surface area contributed by atoms with Crippen molar-refractivity contribution in [2.75, 3.05) is 0 Å². The van der Waals surface area contributed by atoms with Crippen molar-refractivity contribution < 1.29 is 18.0 Å². The second-order valence-electron chi connectivity index (χ2n) is 3.36. The number of halogens is 2. The zero-order valence-corrected chi connectivity index (χ0v) is 8.46. The Morgan fingerprint density at radius 2 is 2.00 bits per heavy atom. The Hall–Kier alpha value is -1.97. The van der Waals surface area contributed by atoms with Crippen molar-refractivity contribution in [2.24, 2.45) is 0 Å². The first-order chi connectivity index (χ1) is 7.61. The molecule has 0 bridgehead atoms. The Bertz CT molecular complexity index is 544. The van der Waals surface area contributed by atoms with Crippen LogP contribution < -0.4 is 0 Å². The maximum Gasteiger partial charge on any atom is 0.231 e. The Labute approximate surface area is 90.5 Å². The van der Waals surface area contributed by atoms with E-state index in [0.29, 0.717) is 5.56 Å². The van der Waals surface area contributed by atoms with Crippen molar-refractivity contribution in [3.63, 3.8) is 0 Å². The zero-order chi connectivity index (χ0) is 11.7. The van der Waals surface area contributed by atoms with Gasteiger partial charge in [-0.3, -0.25) is 4.79 Å². The van der Waals surface area contributed by atoms with Crippen LogP contribution in [0, 0.1) is 18.6 Å². The van der Waals surface area contributed by atoms with Crippen molar-refractivity contribution in [1.29, 1.82) is 0 Å². The third-order valence-corrected chi connectivity index (χ3v) is 2.26. The van der Waals surface area contributed by atoms with Crippen LogP contribution in [0.1, 0.15) is 21.7 Å². The van der Waals surface area contributed by atoms with Gasteiger partial charge in [0, 0.05) is 0 Å². The summed E-state index contributed by atoms with van der Waals surface area (Å²) in [5, 5.41) is 0. The smallest absolute Gasteiger partial charge is 0.231 e. The lowest BCUT2D eigenvalue weighted by molar-refractivity contribution is 0.100. The van der Waals surface area contributed by atoms with E-state index in [-0.39, 0.29) is 11.3 Å². The maximum absolute atomic E-state index is 13.3. The van der Waals surface area contributed by atoms with Gasteiger partial charge in [-0.1, -0.05) is 6.07 Å². The fraction of sp³-hybridized carbons (Fsp3) is 0.0833. The molecule has 0 aliphatic carbocycles. The van der Waals surface area contributed by atoms with Gasteiger partial charge in [0.1, 0.15) is 0 Å². The number of rotatable bonds is 2. The van der Waals surface area contributed by atoms with Crippen LogP contribution in [0.2, 0.25) is 0 Å². The van der Waals surface area contributed by atoms with Gasteiger partial charge in [-0.15, -0.1) is 0 Å². The van der Waals surface area contributed by atoms with Gasteiger partial charge < -0.3 is 4.42 Å². The molecule has 0 atom stereocenters. The average Bonchev–Trinajstić information content (AvgIpc) is 2.68. The first-order valence-corrected chi connectivity index (χ1v) is 4.64. The van der Waals surface area contributed by atoms with Crippen molar-refractivity contribution in [1.82, 2.24) is 0 Å². The largest absolute Gasteiger partial charge is 0.461 e. The summed E-state index contributed by atoms with van der Waals surface area (Å²) in [4.78, 5) is 11.8. The number of hydrogen-bond acceptors (Lipinski definition) is 2. The lowest BCUT2D eigenvalue weighted by Crippen LogP contribution is -2.05. The van der Waals surface area contributed by atoms with Crippen LogP contribution in [0.3, 0.4) is 0 Å². The maximum atomic E-state index is 13.3. The fourth-order valence-electron chi connectivity index (χ4n) is 1.41. The highest BCUT2D eigenvalue weighted by Gasteiger charge is 2.20. The van der Waals surface area contributed by atoms with Gasteiger partial charge in [-0.05, 0) is 30.7 Å². The van der Waals surface area contributed by atoms with Gasteiger partial charge in [-0.2, -0.15) is 0 Å². The highest BCUT2D eigenvalue weighted by molar-refractivity contribution is 6.08. The zero-order valence-electron chi connectivity index (χ0n) is 8.46. The van der Waals surface area contributed by atoms with E-state index in [9.17, 15) is 13.6 Å². The number of hydrogen-bond donors (Lipinski definition) is 0. The summed E-state index contributed by atoms with van der Waals surface area (Å²) in [5.74, 6) is -2.82. The van der Waals surface area contributed by atoms with E-state index in [4.69, 9.17) is 4.42 Å². The Kier molecular flexibility index (Phi) is 2.56. The molecule has 0 spiro atoms. The molecule has 0 saturated carbocycles. The number of furan rings is 1. The van der Waals surface area contributed by atoms with Gasteiger partial charge in [0.05, 0.1) is 11.8 Å². The number of carbonyl (C=O) groups is 1. The highest BCUT2D eigenvalue weighted by Crippen LogP contribution is 2.18. The molecule has 0 amide bonds. The molecule has 2 aromatic rings. The van der Waals surface area contributed by atoms with E-state index < -0.39 is 17.4 Å². The highest BCUT2D eigenvalue weighted by atomic mass is 19.2. The van der Waals surface area contributed by atoms with Gasteiger partial charge >= 0.3 is 0 Å². The quantitative estimate of drug-likeness (QED) is 0.731. The Balaban J connectivity index is 2.50. The molecular weight excluding hydrogens is 214 g/mol. The van der Waals surface area contributed by atoms with E-state index in [2.05, 4.69) is 0 Å².